The Labute approximate surface area is 71.4 Å². The Balaban J connectivity index is 2.01. The van der Waals surface area contributed by atoms with Gasteiger partial charge < -0.3 is 4.74 Å². The largest absolute Gasteiger partial charge is 0.368 e. The second-order valence-electron chi connectivity index (χ2n) is 4.14. The molecule has 0 amide bonds. The molecule has 0 spiro atoms. The highest BCUT2D eigenvalue weighted by Crippen LogP contribution is 2.62. The van der Waals surface area contributed by atoms with Gasteiger partial charge in [0, 0.05) is 11.8 Å². The van der Waals surface area contributed by atoms with Gasteiger partial charge in [-0.15, -0.1) is 0 Å². The molecule has 2 aliphatic carbocycles. The lowest BCUT2D eigenvalue weighted by Crippen LogP contribution is -2.06. The second-order valence-corrected chi connectivity index (χ2v) is 4.14. The highest BCUT2D eigenvalue weighted by atomic mass is 16.6. The summed E-state index contributed by atoms with van der Waals surface area (Å²) in [5.41, 5.74) is 3.14. The van der Waals surface area contributed by atoms with Crippen LogP contribution in [0.4, 0.5) is 0 Å². The minimum atomic E-state index is 0.602. The van der Waals surface area contributed by atoms with Crippen molar-refractivity contribution in [3.05, 3.63) is 35.4 Å². The van der Waals surface area contributed by atoms with Crippen molar-refractivity contribution in [1.82, 2.24) is 0 Å². The number of epoxide rings is 1. The standard InChI is InChI=1S/C11H10O/c1-2-4-7-6(3-1)8-5-9(7)11-10(8)12-11/h1-4,8-11H,5H2. The van der Waals surface area contributed by atoms with Crippen molar-refractivity contribution < 1.29 is 4.74 Å². The summed E-state index contributed by atoms with van der Waals surface area (Å²) in [5, 5.41) is 0. The molecule has 4 unspecified atom stereocenters. The summed E-state index contributed by atoms with van der Waals surface area (Å²) in [4.78, 5) is 0. The Kier molecular flexibility index (Phi) is 0.767. The molecule has 1 saturated carbocycles. The van der Waals surface area contributed by atoms with E-state index < -0.39 is 0 Å². The van der Waals surface area contributed by atoms with Gasteiger partial charge in [0.05, 0.1) is 12.2 Å². The maximum atomic E-state index is 5.62. The Morgan fingerprint density at radius 1 is 1.00 bits per heavy atom. The first-order chi connectivity index (χ1) is 5.95. The van der Waals surface area contributed by atoms with Crippen LogP contribution in [0.5, 0.6) is 0 Å². The Morgan fingerprint density at radius 3 is 2.17 bits per heavy atom. The van der Waals surface area contributed by atoms with Gasteiger partial charge in [-0.25, -0.2) is 0 Å². The number of hydrogen-bond donors (Lipinski definition) is 0. The van der Waals surface area contributed by atoms with Crippen molar-refractivity contribution in [1.29, 1.82) is 0 Å². The second kappa shape index (κ2) is 1.60. The van der Waals surface area contributed by atoms with Gasteiger partial charge in [-0.3, -0.25) is 0 Å². The molecular formula is C11H10O. The van der Waals surface area contributed by atoms with Crippen molar-refractivity contribution in [3.8, 4) is 0 Å². The van der Waals surface area contributed by atoms with Gasteiger partial charge in [0.15, 0.2) is 0 Å². The van der Waals surface area contributed by atoms with Gasteiger partial charge in [0.1, 0.15) is 0 Å². The number of benzene rings is 1. The minimum absolute atomic E-state index is 0.602. The first-order valence-corrected chi connectivity index (χ1v) is 4.69. The molecule has 0 aromatic heterocycles. The van der Waals surface area contributed by atoms with Crippen molar-refractivity contribution in [3.63, 3.8) is 0 Å². The monoisotopic (exact) mass is 158 g/mol. The Bertz CT molecular complexity index is 325. The number of rotatable bonds is 0. The molecule has 12 heavy (non-hydrogen) atoms. The maximum Gasteiger partial charge on any atom is 0.0916 e. The summed E-state index contributed by atoms with van der Waals surface area (Å²) >= 11 is 0. The molecule has 60 valence electrons. The van der Waals surface area contributed by atoms with E-state index in [4.69, 9.17) is 4.74 Å². The lowest BCUT2D eigenvalue weighted by Gasteiger charge is -2.09. The van der Waals surface area contributed by atoms with Gasteiger partial charge in [-0.2, -0.15) is 0 Å². The molecule has 2 fully saturated rings. The predicted molar refractivity (Wildman–Crippen MR) is 45.2 cm³/mol. The van der Waals surface area contributed by atoms with Crippen LogP contribution in [0.15, 0.2) is 24.3 Å². The van der Waals surface area contributed by atoms with Crippen LogP contribution in [-0.4, -0.2) is 12.2 Å². The molecular weight excluding hydrogens is 148 g/mol. The fourth-order valence-corrected chi connectivity index (χ4v) is 3.12. The zero-order valence-corrected chi connectivity index (χ0v) is 6.73. The third-order valence-corrected chi connectivity index (χ3v) is 3.66. The normalized spacial score (nSPS) is 45.7. The molecule has 4 rings (SSSR count). The molecule has 1 aromatic rings. The van der Waals surface area contributed by atoms with Gasteiger partial charge in [0.25, 0.3) is 0 Å². The smallest absolute Gasteiger partial charge is 0.0916 e. The minimum Gasteiger partial charge on any atom is -0.368 e. The Morgan fingerprint density at radius 2 is 1.58 bits per heavy atom. The summed E-state index contributed by atoms with van der Waals surface area (Å²) in [5.74, 6) is 1.49. The summed E-state index contributed by atoms with van der Waals surface area (Å²) in [6.07, 6.45) is 2.56. The summed E-state index contributed by atoms with van der Waals surface area (Å²) in [6.45, 7) is 0. The maximum absolute atomic E-state index is 5.62. The number of fused-ring (bicyclic) bond motifs is 8. The lowest BCUT2D eigenvalue weighted by atomic mass is 9.92. The van der Waals surface area contributed by atoms with E-state index in [1.165, 1.54) is 6.42 Å². The fraction of sp³-hybridized carbons (Fsp3) is 0.455. The molecule has 2 bridgehead atoms. The average molecular weight is 158 g/mol. The van der Waals surface area contributed by atoms with Crippen LogP contribution in [0.2, 0.25) is 0 Å². The highest BCUT2D eigenvalue weighted by Gasteiger charge is 2.61. The molecule has 1 heterocycles. The van der Waals surface area contributed by atoms with Crippen LogP contribution in [0, 0.1) is 0 Å². The topological polar surface area (TPSA) is 12.5 Å². The molecule has 4 atom stereocenters. The first kappa shape index (κ1) is 5.76. The quantitative estimate of drug-likeness (QED) is 0.526. The van der Waals surface area contributed by atoms with Crippen LogP contribution in [0.1, 0.15) is 29.4 Å². The molecule has 1 nitrogen and oxygen atoms in total. The van der Waals surface area contributed by atoms with Crippen molar-refractivity contribution in [2.45, 2.75) is 30.5 Å². The van der Waals surface area contributed by atoms with Gasteiger partial charge in [0.2, 0.25) is 0 Å². The van der Waals surface area contributed by atoms with Crippen LogP contribution >= 0.6 is 0 Å². The average Bonchev–Trinajstić information content (AvgIpc) is 2.74. The van der Waals surface area contributed by atoms with E-state index in [1.807, 2.05) is 0 Å². The predicted octanol–water partition coefficient (Wildman–Crippen LogP) is 2.04. The van der Waals surface area contributed by atoms with E-state index >= 15 is 0 Å². The van der Waals surface area contributed by atoms with E-state index in [2.05, 4.69) is 24.3 Å². The lowest BCUT2D eigenvalue weighted by molar-refractivity contribution is 0.297. The van der Waals surface area contributed by atoms with Crippen molar-refractivity contribution >= 4 is 0 Å². The van der Waals surface area contributed by atoms with E-state index in [-0.39, 0.29) is 0 Å². The molecule has 1 heteroatoms. The zero-order chi connectivity index (χ0) is 7.71. The summed E-state index contributed by atoms with van der Waals surface area (Å²) in [6, 6.07) is 8.85. The van der Waals surface area contributed by atoms with Crippen LogP contribution in [0.25, 0.3) is 0 Å². The first-order valence-electron chi connectivity index (χ1n) is 4.69. The van der Waals surface area contributed by atoms with E-state index in [1.54, 1.807) is 11.1 Å². The van der Waals surface area contributed by atoms with Crippen LogP contribution in [0.3, 0.4) is 0 Å². The number of hydrogen-bond acceptors (Lipinski definition) is 1. The molecule has 1 aliphatic heterocycles. The van der Waals surface area contributed by atoms with Crippen molar-refractivity contribution in [2.75, 3.05) is 0 Å². The molecule has 1 saturated heterocycles. The third kappa shape index (κ3) is 0.469. The van der Waals surface area contributed by atoms with Crippen LogP contribution in [-0.2, 0) is 4.74 Å². The van der Waals surface area contributed by atoms with Crippen LogP contribution < -0.4 is 0 Å². The molecule has 0 N–H and O–H groups in total. The van der Waals surface area contributed by atoms with Gasteiger partial charge >= 0.3 is 0 Å². The van der Waals surface area contributed by atoms with E-state index in [0.29, 0.717) is 12.2 Å². The van der Waals surface area contributed by atoms with Gasteiger partial charge in [-0.1, -0.05) is 24.3 Å². The fourth-order valence-electron chi connectivity index (χ4n) is 3.12. The number of ether oxygens (including phenoxy) is 1. The SMILES string of the molecule is c1ccc2c(c1)C1CC2C2OC12. The van der Waals surface area contributed by atoms with Gasteiger partial charge in [-0.05, 0) is 17.5 Å². The highest BCUT2D eigenvalue weighted by molar-refractivity contribution is 5.46. The molecule has 3 aliphatic rings. The summed E-state index contributed by atoms with van der Waals surface area (Å²) < 4.78 is 5.62. The van der Waals surface area contributed by atoms with Crippen molar-refractivity contribution in [2.24, 2.45) is 0 Å². The third-order valence-electron chi connectivity index (χ3n) is 3.66. The Hall–Kier alpha value is -0.820. The van der Waals surface area contributed by atoms with E-state index in [9.17, 15) is 0 Å². The molecule has 0 radical (unpaired) electrons. The molecule has 1 aromatic carbocycles. The van der Waals surface area contributed by atoms with E-state index in [0.717, 1.165) is 11.8 Å². The zero-order valence-electron chi connectivity index (χ0n) is 6.73. The summed E-state index contributed by atoms with van der Waals surface area (Å²) in [7, 11) is 0.